The maximum Gasteiger partial charge on any atom is 0.218 e. The number of benzene rings is 2. The molecule has 0 spiro atoms. The van der Waals surface area contributed by atoms with Gasteiger partial charge in [0.25, 0.3) is 0 Å². The third-order valence-electron chi connectivity index (χ3n) is 4.00. The molecular weight excluding hydrogens is 338 g/mol. The summed E-state index contributed by atoms with van der Waals surface area (Å²) in [5, 5.41) is 3.25. The van der Waals surface area contributed by atoms with Gasteiger partial charge in [-0.1, -0.05) is 41.1 Å². The van der Waals surface area contributed by atoms with Gasteiger partial charge in [0.1, 0.15) is 11.4 Å². The smallest absolute Gasteiger partial charge is 0.218 e. The molecule has 0 fully saturated rings. The van der Waals surface area contributed by atoms with Gasteiger partial charge < -0.3 is 15.0 Å². The van der Waals surface area contributed by atoms with Crippen LogP contribution in [0.1, 0.15) is 0 Å². The van der Waals surface area contributed by atoms with Gasteiger partial charge in [-0.05, 0) is 38.4 Å². The topological polar surface area (TPSA) is 68.2 Å². The summed E-state index contributed by atoms with van der Waals surface area (Å²) >= 11 is 0. The highest BCUT2D eigenvalue weighted by Gasteiger charge is 2.40. The number of anilines is 2. The Kier molecular flexibility index (Phi) is 5.51. The molecule has 2 aromatic carbocycles. The van der Waals surface area contributed by atoms with Gasteiger partial charge in [-0.2, -0.15) is 0 Å². The van der Waals surface area contributed by atoms with Crippen LogP contribution in [-0.4, -0.2) is 53.2 Å². The second-order valence-electron chi connectivity index (χ2n) is 6.21. The van der Waals surface area contributed by atoms with E-state index < -0.39 is 16.2 Å². The molecule has 0 aromatic heterocycles. The van der Waals surface area contributed by atoms with Crippen LogP contribution in [0, 0.1) is 0 Å². The standard InChI is InChI=1S/C18H25N3O3S/c1-20(2)13-12-19-14-18-24-17-11-7-6-10-16(17)21(25(18,22)23)15-8-4-3-5-9-15/h3-11,18-19,22-23H,12-14H2,1-2H3. The number of hydrogen-bond donors (Lipinski definition) is 3. The van der Waals surface area contributed by atoms with Crippen LogP contribution in [0.25, 0.3) is 0 Å². The summed E-state index contributed by atoms with van der Waals surface area (Å²) < 4.78 is 29.5. The fourth-order valence-corrected chi connectivity index (χ4v) is 4.41. The van der Waals surface area contributed by atoms with Crippen LogP contribution in [0.15, 0.2) is 54.6 Å². The van der Waals surface area contributed by atoms with Crippen LogP contribution >= 0.6 is 10.8 Å². The molecule has 2 aromatic rings. The van der Waals surface area contributed by atoms with Crippen LogP contribution in [0.3, 0.4) is 0 Å². The first-order valence-corrected chi connectivity index (χ1v) is 9.80. The summed E-state index contributed by atoms with van der Waals surface area (Å²) in [5.74, 6) is 0.650. The summed E-state index contributed by atoms with van der Waals surface area (Å²) in [6.07, 6.45) is 0. The van der Waals surface area contributed by atoms with Crippen molar-refractivity contribution in [3.63, 3.8) is 0 Å². The minimum absolute atomic E-state index is 0.355. The molecule has 3 rings (SSSR count). The Balaban J connectivity index is 1.88. The summed E-state index contributed by atoms with van der Waals surface area (Å²) in [6.45, 7) is 1.97. The van der Waals surface area contributed by atoms with E-state index in [0.29, 0.717) is 18.0 Å². The van der Waals surface area contributed by atoms with Gasteiger partial charge in [-0.25, -0.2) is 4.31 Å². The molecule has 7 heteroatoms. The number of rotatable bonds is 6. The normalized spacial score (nSPS) is 20.0. The highest BCUT2D eigenvalue weighted by atomic mass is 32.3. The Morgan fingerprint density at radius 3 is 2.48 bits per heavy atom. The van der Waals surface area contributed by atoms with E-state index in [-0.39, 0.29) is 0 Å². The largest absolute Gasteiger partial charge is 0.465 e. The minimum atomic E-state index is -3.20. The monoisotopic (exact) mass is 363 g/mol. The Morgan fingerprint density at radius 2 is 1.76 bits per heavy atom. The molecule has 6 nitrogen and oxygen atoms in total. The first-order valence-electron chi connectivity index (χ1n) is 8.23. The summed E-state index contributed by atoms with van der Waals surface area (Å²) in [7, 11) is 0.803. The number of likely N-dealkylation sites (N-methyl/N-ethyl adjacent to an activating group) is 1. The van der Waals surface area contributed by atoms with Crippen molar-refractivity contribution in [2.75, 3.05) is 38.0 Å². The van der Waals surface area contributed by atoms with Crippen LogP contribution in [0.4, 0.5) is 11.4 Å². The van der Waals surface area contributed by atoms with Gasteiger partial charge in [0.15, 0.2) is 0 Å². The van der Waals surface area contributed by atoms with E-state index in [1.165, 1.54) is 0 Å². The number of hydrogen-bond acceptors (Lipinski definition) is 6. The van der Waals surface area contributed by atoms with Crippen molar-refractivity contribution < 1.29 is 13.8 Å². The Bertz CT molecular complexity index is 697. The zero-order valence-electron chi connectivity index (χ0n) is 14.5. The first kappa shape index (κ1) is 18.0. The predicted octanol–water partition coefficient (Wildman–Crippen LogP) is 3.36. The fourth-order valence-electron chi connectivity index (χ4n) is 2.73. The number of ether oxygens (including phenoxy) is 1. The van der Waals surface area contributed by atoms with Crippen LogP contribution < -0.4 is 14.4 Å². The van der Waals surface area contributed by atoms with E-state index in [0.717, 1.165) is 18.8 Å². The zero-order chi connectivity index (χ0) is 17.9. The maximum atomic E-state index is 11.0. The third kappa shape index (κ3) is 3.91. The first-order chi connectivity index (χ1) is 12.0. The number of fused-ring (bicyclic) bond motifs is 1. The van der Waals surface area contributed by atoms with Crippen LogP contribution in [0.5, 0.6) is 5.75 Å². The third-order valence-corrected chi connectivity index (χ3v) is 5.91. The van der Waals surface area contributed by atoms with Crippen molar-refractivity contribution in [2.45, 2.75) is 5.44 Å². The van der Waals surface area contributed by atoms with Crippen LogP contribution in [0.2, 0.25) is 0 Å². The summed E-state index contributed by atoms with van der Waals surface area (Å²) in [4.78, 5) is 2.07. The molecule has 3 N–H and O–H groups in total. The average Bonchev–Trinajstić information content (AvgIpc) is 2.59. The minimum Gasteiger partial charge on any atom is -0.465 e. The van der Waals surface area contributed by atoms with Gasteiger partial charge in [-0.3, -0.25) is 9.11 Å². The molecule has 136 valence electrons. The molecule has 0 radical (unpaired) electrons. The van der Waals surface area contributed by atoms with Crippen molar-refractivity contribution in [1.29, 1.82) is 0 Å². The van der Waals surface area contributed by atoms with Crippen molar-refractivity contribution in [1.82, 2.24) is 10.2 Å². The molecule has 1 aliphatic heterocycles. The molecule has 0 aliphatic carbocycles. The fraction of sp³-hybridized carbons (Fsp3) is 0.333. The molecule has 1 aliphatic rings. The second-order valence-corrected chi connectivity index (χ2v) is 8.23. The Morgan fingerprint density at radius 1 is 1.08 bits per heavy atom. The molecule has 25 heavy (non-hydrogen) atoms. The van der Waals surface area contributed by atoms with Gasteiger partial charge in [0, 0.05) is 13.1 Å². The molecule has 1 heterocycles. The van der Waals surface area contributed by atoms with Crippen molar-refractivity contribution in [2.24, 2.45) is 0 Å². The van der Waals surface area contributed by atoms with E-state index in [1.54, 1.807) is 4.31 Å². The average molecular weight is 363 g/mol. The van der Waals surface area contributed by atoms with Crippen molar-refractivity contribution in [3.05, 3.63) is 54.6 Å². The molecule has 1 atom stereocenters. The lowest BCUT2D eigenvalue weighted by atomic mass is 10.2. The maximum absolute atomic E-state index is 11.0. The predicted molar refractivity (Wildman–Crippen MR) is 104 cm³/mol. The molecule has 0 saturated heterocycles. The zero-order valence-corrected chi connectivity index (χ0v) is 15.3. The summed E-state index contributed by atoms with van der Waals surface area (Å²) in [6, 6.07) is 16.8. The highest BCUT2D eigenvalue weighted by Crippen LogP contribution is 2.60. The van der Waals surface area contributed by atoms with Gasteiger partial charge in [0.2, 0.25) is 5.44 Å². The SMILES string of the molecule is CN(C)CCNCC1Oc2ccccc2N(c2ccccc2)S1(O)O. The van der Waals surface area contributed by atoms with E-state index in [9.17, 15) is 9.11 Å². The number of para-hydroxylation sites is 3. The van der Waals surface area contributed by atoms with Gasteiger partial charge in [0.05, 0.1) is 12.2 Å². The highest BCUT2D eigenvalue weighted by molar-refractivity contribution is 8.26. The lowest BCUT2D eigenvalue weighted by molar-refractivity contribution is 0.241. The molecule has 1 unspecified atom stereocenters. The Hall–Kier alpha value is -1.77. The Labute approximate surface area is 150 Å². The van der Waals surface area contributed by atoms with E-state index in [1.807, 2.05) is 68.7 Å². The quantitative estimate of drug-likeness (QED) is 0.684. The molecule has 0 saturated carbocycles. The van der Waals surface area contributed by atoms with E-state index >= 15 is 0 Å². The summed E-state index contributed by atoms with van der Waals surface area (Å²) in [5.41, 5.74) is 0.652. The lowest BCUT2D eigenvalue weighted by Crippen LogP contribution is -2.45. The van der Waals surface area contributed by atoms with E-state index in [2.05, 4.69) is 10.2 Å². The second kappa shape index (κ2) is 7.63. The number of nitrogens with one attached hydrogen (secondary N) is 1. The van der Waals surface area contributed by atoms with Crippen molar-refractivity contribution in [3.8, 4) is 5.75 Å². The lowest BCUT2D eigenvalue weighted by Gasteiger charge is -2.51. The van der Waals surface area contributed by atoms with Crippen LogP contribution in [-0.2, 0) is 0 Å². The van der Waals surface area contributed by atoms with E-state index in [4.69, 9.17) is 4.74 Å². The molecule has 0 bridgehead atoms. The van der Waals surface area contributed by atoms with Crippen molar-refractivity contribution >= 4 is 22.2 Å². The molecule has 0 amide bonds. The van der Waals surface area contributed by atoms with Gasteiger partial charge >= 0.3 is 0 Å². The number of nitrogens with zero attached hydrogens (tertiary/aromatic N) is 2. The molecular formula is C18H25N3O3S. The van der Waals surface area contributed by atoms with Gasteiger partial charge in [-0.15, -0.1) is 0 Å².